The molecule has 7 heteroatoms. The Balaban J connectivity index is 1.65. The van der Waals surface area contributed by atoms with Gasteiger partial charge in [-0.3, -0.25) is 9.69 Å². The lowest BCUT2D eigenvalue weighted by atomic mass is 10.0. The summed E-state index contributed by atoms with van der Waals surface area (Å²) in [5.74, 6) is -0.404. The molecule has 0 radical (unpaired) electrons. The standard InChI is InChI=1S/C27H25N3O3S/c1-16-13-17(2)24-22(14-16)28-27(34-24)30(12-11-29(3)4)25(31)21-15-20-19-8-6-5-7-18(19)9-10-23(20)33-26(21)32/h5-10,13-15H,11-12H2,1-4H3. The van der Waals surface area contributed by atoms with E-state index in [1.54, 1.807) is 17.0 Å². The predicted octanol–water partition coefficient (Wildman–Crippen LogP) is 5.38. The van der Waals surface area contributed by atoms with E-state index in [0.29, 0.717) is 23.8 Å². The van der Waals surface area contributed by atoms with E-state index in [0.717, 1.165) is 37.5 Å². The molecule has 0 aliphatic heterocycles. The number of aryl methyl sites for hydroxylation is 2. The zero-order chi connectivity index (χ0) is 24.0. The Labute approximate surface area is 201 Å². The van der Waals surface area contributed by atoms with Crippen molar-refractivity contribution in [1.82, 2.24) is 9.88 Å². The molecule has 0 aliphatic rings. The molecule has 5 aromatic rings. The van der Waals surface area contributed by atoms with E-state index in [4.69, 9.17) is 9.40 Å². The van der Waals surface area contributed by atoms with Gasteiger partial charge < -0.3 is 9.32 Å². The lowest BCUT2D eigenvalue weighted by Gasteiger charge is -2.21. The van der Waals surface area contributed by atoms with Crippen molar-refractivity contribution >= 4 is 54.3 Å². The second kappa shape index (κ2) is 8.66. The first kappa shape index (κ1) is 22.3. The fourth-order valence-electron chi connectivity index (χ4n) is 4.23. The second-order valence-corrected chi connectivity index (χ2v) is 9.81. The van der Waals surface area contributed by atoms with Crippen molar-refractivity contribution in [1.29, 1.82) is 0 Å². The van der Waals surface area contributed by atoms with E-state index in [-0.39, 0.29) is 5.56 Å². The lowest BCUT2D eigenvalue weighted by molar-refractivity contribution is 0.0982. The smallest absolute Gasteiger partial charge is 0.349 e. The molecule has 2 heterocycles. The average molecular weight is 472 g/mol. The highest BCUT2D eigenvalue weighted by atomic mass is 32.1. The summed E-state index contributed by atoms with van der Waals surface area (Å²) in [5, 5.41) is 3.27. The van der Waals surface area contributed by atoms with Crippen molar-refractivity contribution in [3.63, 3.8) is 0 Å². The number of hydrogen-bond acceptors (Lipinski definition) is 6. The van der Waals surface area contributed by atoms with E-state index in [9.17, 15) is 9.59 Å². The van der Waals surface area contributed by atoms with Crippen LogP contribution in [0.4, 0.5) is 5.13 Å². The number of nitrogens with zero attached hydrogens (tertiary/aromatic N) is 3. The van der Waals surface area contributed by atoms with Gasteiger partial charge in [0.25, 0.3) is 5.91 Å². The quantitative estimate of drug-likeness (QED) is 0.254. The number of hydrogen-bond donors (Lipinski definition) is 0. The lowest BCUT2D eigenvalue weighted by Crippen LogP contribution is -2.38. The summed E-state index contributed by atoms with van der Waals surface area (Å²) in [7, 11) is 3.90. The van der Waals surface area contributed by atoms with Crippen LogP contribution in [-0.2, 0) is 0 Å². The van der Waals surface area contributed by atoms with Crippen LogP contribution in [0, 0.1) is 13.8 Å². The van der Waals surface area contributed by atoms with Gasteiger partial charge in [0.15, 0.2) is 5.13 Å². The highest BCUT2D eigenvalue weighted by Gasteiger charge is 2.25. The normalized spacial score (nSPS) is 11.7. The summed E-state index contributed by atoms with van der Waals surface area (Å²) in [5.41, 5.74) is 2.93. The molecule has 0 spiro atoms. The van der Waals surface area contributed by atoms with Gasteiger partial charge >= 0.3 is 5.63 Å². The van der Waals surface area contributed by atoms with Gasteiger partial charge in [-0.2, -0.15) is 0 Å². The van der Waals surface area contributed by atoms with Crippen LogP contribution in [-0.4, -0.2) is 43.0 Å². The summed E-state index contributed by atoms with van der Waals surface area (Å²) in [4.78, 5) is 35.1. The van der Waals surface area contributed by atoms with Crippen LogP contribution >= 0.6 is 11.3 Å². The molecular weight excluding hydrogens is 446 g/mol. The van der Waals surface area contributed by atoms with Crippen LogP contribution in [0.25, 0.3) is 32.0 Å². The van der Waals surface area contributed by atoms with Crippen molar-refractivity contribution in [3.05, 3.63) is 81.7 Å². The van der Waals surface area contributed by atoms with Gasteiger partial charge in [-0.1, -0.05) is 47.7 Å². The van der Waals surface area contributed by atoms with E-state index >= 15 is 0 Å². The van der Waals surface area contributed by atoms with Crippen molar-refractivity contribution in [3.8, 4) is 0 Å². The third-order valence-corrected chi connectivity index (χ3v) is 7.16. The number of fused-ring (bicyclic) bond motifs is 4. The number of carbonyl (C=O) groups is 1. The number of rotatable bonds is 5. The largest absolute Gasteiger partial charge is 0.422 e. The SMILES string of the molecule is Cc1cc(C)c2sc(N(CCN(C)C)C(=O)c3cc4c(ccc5ccccc54)oc3=O)nc2c1. The Kier molecular flexibility index (Phi) is 5.67. The van der Waals surface area contributed by atoms with Crippen LogP contribution < -0.4 is 10.5 Å². The number of likely N-dealkylation sites (N-methyl/N-ethyl adjacent to an activating group) is 1. The topological polar surface area (TPSA) is 66.7 Å². The molecule has 6 nitrogen and oxygen atoms in total. The number of carbonyl (C=O) groups excluding carboxylic acids is 1. The van der Waals surface area contributed by atoms with Gasteiger partial charge in [0.2, 0.25) is 0 Å². The molecule has 0 saturated carbocycles. The van der Waals surface area contributed by atoms with E-state index in [1.165, 1.54) is 11.3 Å². The summed E-state index contributed by atoms with van der Waals surface area (Å²) in [6.07, 6.45) is 0. The molecule has 34 heavy (non-hydrogen) atoms. The van der Waals surface area contributed by atoms with Gasteiger partial charge in [-0.25, -0.2) is 9.78 Å². The highest BCUT2D eigenvalue weighted by Crippen LogP contribution is 2.33. The Morgan fingerprint density at radius 3 is 2.59 bits per heavy atom. The second-order valence-electron chi connectivity index (χ2n) is 8.83. The molecule has 2 aromatic heterocycles. The minimum absolute atomic E-state index is 0.00904. The van der Waals surface area contributed by atoms with Crippen LogP contribution in [0.3, 0.4) is 0 Å². The molecule has 0 atom stereocenters. The predicted molar refractivity (Wildman–Crippen MR) is 139 cm³/mol. The minimum Gasteiger partial charge on any atom is -0.422 e. The Morgan fingerprint density at radius 1 is 1.00 bits per heavy atom. The first-order valence-electron chi connectivity index (χ1n) is 11.1. The molecule has 0 unspecified atom stereocenters. The highest BCUT2D eigenvalue weighted by molar-refractivity contribution is 7.22. The first-order valence-corrected chi connectivity index (χ1v) is 11.9. The van der Waals surface area contributed by atoms with Crippen LogP contribution in [0.15, 0.2) is 63.8 Å². The van der Waals surface area contributed by atoms with Crippen LogP contribution in [0.1, 0.15) is 21.5 Å². The molecule has 0 fully saturated rings. The minimum atomic E-state index is -0.643. The maximum absolute atomic E-state index is 13.8. The number of anilines is 1. The first-order chi connectivity index (χ1) is 16.3. The Bertz CT molecular complexity index is 1620. The zero-order valence-corrected chi connectivity index (χ0v) is 20.4. The number of aromatic nitrogens is 1. The monoisotopic (exact) mass is 471 g/mol. The van der Waals surface area contributed by atoms with Gasteiger partial charge in [0.1, 0.15) is 11.1 Å². The Morgan fingerprint density at radius 2 is 1.79 bits per heavy atom. The molecule has 0 aliphatic carbocycles. The Hall–Kier alpha value is -3.55. The molecule has 0 saturated heterocycles. The molecule has 1 amide bonds. The van der Waals surface area contributed by atoms with Crippen molar-refractivity contribution in [2.45, 2.75) is 13.8 Å². The van der Waals surface area contributed by atoms with Crippen LogP contribution in [0.2, 0.25) is 0 Å². The fraction of sp³-hybridized carbons (Fsp3) is 0.222. The van der Waals surface area contributed by atoms with Gasteiger partial charge in [-0.15, -0.1) is 0 Å². The molecule has 5 rings (SSSR count). The van der Waals surface area contributed by atoms with Crippen molar-refractivity contribution in [2.24, 2.45) is 0 Å². The molecule has 172 valence electrons. The average Bonchev–Trinajstić information content (AvgIpc) is 3.22. The van der Waals surface area contributed by atoms with Gasteiger partial charge in [0.05, 0.1) is 10.2 Å². The number of benzene rings is 3. The zero-order valence-electron chi connectivity index (χ0n) is 19.6. The van der Waals surface area contributed by atoms with E-state index < -0.39 is 11.5 Å². The third kappa shape index (κ3) is 3.97. The molecule has 0 bridgehead atoms. The van der Waals surface area contributed by atoms with Gasteiger partial charge in [0, 0.05) is 18.5 Å². The molecule has 0 N–H and O–H groups in total. The number of amides is 1. The van der Waals surface area contributed by atoms with E-state index in [2.05, 4.69) is 6.07 Å². The summed E-state index contributed by atoms with van der Waals surface area (Å²) in [6.45, 7) is 5.11. The number of thiazole rings is 1. The van der Waals surface area contributed by atoms with Gasteiger partial charge in [-0.05, 0) is 68.0 Å². The summed E-state index contributed by atoms with van der Waals surface area (Å²) < 4.78 is 6.64. The molecule has 3 aromatic carbocycles. The summed E-state index contributed by atoms with van der Waals surface area (Å²) in [6, 6.07) is 17.3. The maximum Gasteiger partial charge on any atom is 0.349 e. The summed E-state index contributed by atoms with van der Waals surface area (Å²) >= 11 is 1.47. The van der Waals surface area contributed by atoms with Crippen LogP contribution in [0.5, 0.6) is 0 Å². The fourth-order valence-corrected chi connectivity index (χ4v) is 5.27. The third-order valence-electron chi connectivity index (χ3n) is 5.93. The maximum atomic E-state index is 13.8. The van der Waals surface area contributed by atoms with E-state index in [1.807, 2.05) is 69.2 Å². The van der Waals surface area contributed by atoms with Crippen molar-refractivity contribution < 1.29 is 9.21 Å². The van der Waals surface area contributed by atoms with Crippen molar-refractivity contribution in [2.75, 3.05) is 32.1 Å². The molecular formula is C27H25N3O3S.